The molecule has 0 unspecified atom stereocenters. The molecule has 0 amide bonds. The summed E-state index contributed by atoms with van der Waals surface area (Å²) in [5.41, 5.74) is 2.35. The fourth-order valence-electron chi connectivity index (χ4n) is 2.05. The van der Waals surface area contributed by atoms with Crippen LogP contribution in [0.25, 0.3) is 0 Å². The van der Waals surface area contributed by atoms with Crippen molar-refractivity contribution in [3.8, 4) is 11.5 Å². The van der Waals surface area contributed by atoms with Gasteiger partial charge in [0.2, 0.25) is 0 Å². The molecule has 0 atom stereocenters. The summed E-state index contributed by atoms with van der Waals surface area (Å²) in [6, 6.07) is 3.93. The van der Waals surface area contributed by atoms with E-state index in [4.69, 9.17) is 9.47 Å². The van der Waals surface area contributed by atoms with Crippen molar-refractivity contribution in [2.45, 2.75) is 19.3 Å². The highest BCUT2D eigenvalue weighted by molar-refractivity contribution is 5.67. The Balaban J connectivity index is 2.48. The normalized spacial score (nSPS) is 14.8. The number of rotatable bonds is 2. The molecule has 1 aliphatic heterocycles. The molecule has 82 valence electrons. The van der Waals surface area contributed by atoms with Gasteiger partial charge in [-0.25, -0.2) is 0 Å². The molecule has 0 saturated carbocycles. The van der Waals surface area contributed by atoms with Gasteiger partial charge in [-0.1, -0.05) is 0 Å². The number of hydrogen-bond acceptors (Lipinski definition) is 3. The zero-order valence-electron chi connectivity index (χ0n) is 9.30. The lowest BCUT2D eigenvalue weighted by Crippen LogP contribution is -2.03. The molecule has 3 heteroatoms. The van der Waals surface area contributed by atoms with E-state index in [0.29, 0.717) is 0 Å². The van der Waals surface area contributed by atoms with Crippen molar-refractivity contribution in [1.82, 2.24) is 0 Å². The van der Waals surface area contributed by atoms with Gasteiger partial charge in [0.15, 0.2) is 0 Å². The van der Waals surface area contributed by atoms with E-state index in [1.165, 1.54) is 18.4 Å². The van der Waals surface area contributed by atoms with Crippen LogP contribution in [0.2, 0.25) is 0 Å². The minimum absolute atomic E-state index is 0.910. The Hall–Kier alpha value is -1.38. The quantitative estimate of drug-likeness (QED) is 0.808. The molecular formula is C12H17NO2. The summed E-state index contributed by atoms with van der Waals surface area (Å²) < 4.78 is 10.7. The second-order valence-electron chi connectivity index (χ2n) is 3.71. The monoisotopic (exact) mass is 207 g/mol. The summed E-state index contributed by atoms with van der Waals surface area (Å²) in [5, 5.41) is 3.41. The maximum atomic E-state index is 5.37. The van der Waals surface area contributed by atoms with Crippen LogP contribution in [-0.4, -0.2) is 20.8 Å². The lowest BCUT2D eigenvalue weighted by atomic mass is 10.1. The van der Waals surface area contributed by atoms with Crippen molar-refractivity contribution < 1.29 is 9.47 Å². The van der Waals surface area contributed by atoms with Crippen LogP contribution in [0.3, 0.4) is 0 Å². The fourth-order valence-corrected chi connectivity index (χ4v) is 2.05. The van der Waals surface area contributed by atoms with E-state index in [1.54, 1.807) is 14.2 Å². The molecule has 0 spiro atoms. The average molecular weight is 207 g/mol. The summed E-state index contributed by atoms with van der Waals surface area (Å²) in [7, 11) is 3.42. The van der Waals surface area contributed by atoms with E-state index in [0.717, 1.165) is 30.2 Å². The molecule has 1 aliphatic rings. The predicted molar refractivity (Wildman–Crippen MR) is 61.0 cm³/mol. The van der Waals surface area contributed by atoms with Gasteiger partial charge in [0.1, 0.15) is 11.5 Å². The van der Waals surface area contributed by atoms with Gasteiger partial charge in [-0.3, -0.25) is 0 Å². The Morgan fingerprint density at radius 3 is 2.53 bits per heavy atom. The molecule has 0 saturated heterocycles. The van der Waals surface area contributed by atoms with Crippen LogP contribution in [0.1, 0.15) is 18.4 Å². The second-order valence-corrected chi connectivity index (χ2v) is 3.71. The Kier molecular flexibility index (Phi) is 2.99. The number of methoxy groups -OCH3 is 2. The third-order valence-corrected chi connectivity index (χ3v) is 2.83. The van der Waals surface area contributed by atoms with Gasteiger partial charge < -0.3 is 14.8 Å². The summed E-state index contributed by atoms with van der Waals surface area (Å²) in [4.78, 5) is 0. The van der Waals surface area contributed by atoms with Gasteiger partial charge in [-0.15, -0.1) is 0 Å². The van der Waals surface area contributed by atoms with Crippen LogP contribution in [-0.2, 0) is 6.42 Å². The van der Waals surface area contributed by atoms with Crippen LogP contribution in [0.4, 0.5) is 5.69 Å². The highest BCUT2D eigenvalue weighted by Crippen LogP contribution is 2.37. The van der Waals surface area contributed by atoms with Crippen molar-refractivity contribution in [3.63, 3.8) is 0 Å². The third-order valence-electron chi connectivity index (χ3n) is 2.83. The van der Waals surface area contributed by atoms with Crippen molar-refractivity contribution in [2.75, 3.05) is 26.1 Å². The summed E-state index contributed by atoms with van der Waals surface area (Å²) in [5.74, 6) is 1.87. The summed E-state index contributed by atoms with van der Waals surface area (Å²) in [6.45, 7) is 1.01. The lowest BCUT2D eigenvalue weighted by Gasteiger charge is -2.15. The maximum Gasteiger partial charge on any atom is 0.142 e. The topological polar surface area (TPSA) is 30.5 Å². The smallest absolute Gasteiger partial charge is 0.142 e. The number of ether oxygens (including phenoxy) is 2. The van der Waals surface area contributed by atoms with Crippen LogP contribution >= 0.6 is 0 Å². The molecule has 0 bridgehead atoms. The standard InChI is InChI=1S/C12H17NO2/c1-14-10-6-7-11(15-2)12-9(10)5-3-4-8-13-12/h6-7,13H,3-5,8H2,1-2H3. The molecule has 0 aliphatic carbocycles. The van der Waals surface area contributed by atoms with Gasteiger partial charge >= 0.3 is 0 Å². The number of benzene rings is 1. The fraction of sp³-hybridized carbons (Fsp3) is 0.500. The molecule has 15 heavy (non-hydrogen) atoms. The summed E-state index contributed by atoms with van der Waals surface area (Å²) >= 11 is 0. The molecule has 1 N–H and O–H groups in total. The average Bonchev–Trinajstić information content (AvgIpc) is 2.53. The van der Waals surface area contributed by atoms with E-state index in [9.17, 15) is 0 Å². The Morgan fingerprint density at radius 2 is 1.80 bits per heavy atom. The van der Waals surface area contributed by atoms with E-state index in [2.05, 4.69) is 5.32 Å². The summed E-state index contributed by atoms with van der Waals surface area (Å²) in [6.07, 6.45) is 3.45. The first kappa shape index (κ1) is 10.1. The van der Waals surface area contributed by atoms with Gasteiger partial charge in [0.05, 0.1) is 19.9 Å². The van der Waals surface area contributed by atoms with Crippen LogP contribution in [0, 0.1) is 0 Å². The zero-order chi connectivity index (χ0) is 10.7. The number of fused-ring (bicyclic) bond motifs is 1. The minimum atomic E-state index is 0.910. The number of hydrogen-bond donors (Lipinski definition) is 1. The van der Waals surface area contributed by atoms with Gasteiger partial charge in [0, 0.05) is 12.1 Å². The largest absolute Gasteiger partial charge is 0.496 e. The Morgan fingerprint density at radius 1 is 1.07 bits per heavy atom. The highest BCUT2D eigenvalue weighted by atomic mass is 16.5. The molecule has 0 radical (unpaired) electrons. The Bertz CT molecular complexity index is 317. The maximum absolute atomic E-state index is 5.37. The number of nitrogens with one attached hydrogen (secondary N) is 1. The van der Waals surface area contributed by atoms with Gasteiger partial charge in [-0.05, 0) is 31.4 Å². The predicted octanol–water partition coefficient (Wildman–Crippen LogP) is 2.45. The first-order chi connectivity index (χ1) is 7.36. The molecule has 1 heterocycles. The molecule has 1 aromatic rings. The highest BCUT2D eigenvalue weighted by Gasteiger charge is 2.16. The second kappa shape index (κ2) is 4.43. The molecule has 0 fully saturated rings. The first-order valence-electron chi connectivity index (χ1n) is 5.34. The van der Waals surface area contributed by atoms with Crippen molar-refractivity contribution in [2.24, 2.45) is 0 Å². The van der Waals surface area contributed by atoms with Crippen LogP contribution in [0.5, 0.6) is 11.5 Å². The molecule has 2 rings (SSSR count). The van der Waals surface area contributed by atoms with E-state index < -0.39 is 0 Å². The molecule has 1 aromatic carbocycles. The van der Waals surface area contributed by atoms with Gasteiger partial charge in [-0.2, -0.15) is 0 Å². The zero-order valence-corrected chi connectivity index (χ0v) is 9.30. The third kappa shape index (κ3) is 1.87. The molecule has 0 aromatic heterocycles. The molecular weight excluding hydrogens is 190 g/mol. The van der Waals surface area contributed by atoms with Crippen LogP contribution < -0.4 is 14.8 Å². The molecule has 3 nitrogen and oxygen atoms in total. The minimum Gasteiger partial charge on any atom is -0.496 e. The van der Waals surface area contributed by atoms with Crippen molar-refractivity contribution >= 4 is 5.69 Å². The van der Waals surface area contributed by atoms with Crippen molar-refractivity contribution in [1.29, 1.82) is 0 Å². The van der Waals surface area contributed by atoms with Crippen molar-refractivity contribution in [3.05, 3.63) is 17.7 Å². The van der Waals surface area contributed by atoms with E-state index in [1.807, 2.05) is 12.1 Å². The lowest BCUT2D eigenvalue weighted by molar-refractivity contribution is 0.400. The van der Waals surface area contributed by atoms with Gasteiger partial charge in [0.25, 0.3) is 0 Å². The van der Waals surface area contributed by atoms with E-state index >= 15 is 0 Å². The SMILES string of the molecule is COc1ccc(OC)c2c1CCCCN2. The van der Waals surface area contributed by atoms with Crippen LogP contribution in [0.15, 0.2) is 12.1 Å². The van der Waals surface area contributed by atoms with E-state index in [-0.39, 0.29) is 0 Å². The first-order valence-corrected chi connectivity index (χ1v) is 5.34. The number of anilines is 1. The Labute approximate surface area is 90.4 Å².